The lowest BCUT2D eigenvalue weighted by Crippen LogP contribution is -2.39. The number of ether oxygens (including phenoxy) is 1. The molecule has 2 unspecified atom stereocenters. The summed E-state index contributed by atoms with van der Waals surface area (Å²) in [6.07, 6.45) is 3.22. The van der Waals surface area contributed by atoms with Gasteiger partial charge in [0.25, 0.3) is 0 Å². The highest BCUT2D eigenvalue weighted by Gasteiger charge is 2.25. The molecule has 1 aliphatic rings. The zero-order chi connectivity index (χ0) is 9.97. The fourth-order valence-electron chi connectivity index (χ4n) is 1.41. The Bertz CT molecular complexity index is 316. The van der Waals surface area contributed by atoms with Crippen molar-refractivity contribution in [3.05, 3.63) is 18.0 Å². The molecule has 1 saturated heterocycles. The lowest BCUT2D eigenvalue weighted by Gasteiger charge is -2.29. The summed E-state index contributed by atoms with van der Waals surface area (Å²) in [6.45, 7) is 1.36. The number of morpholine rings is 1. The molecule has 0 spiro atoms. The number of aromatic nitrogens is 2. The van der Waals surface area contributed by atoms with E-state index in [1.165, 1.54) is 4.31 Å². The van der Waals surface area contributed by atoms with E-state index >= 15 is 0 Å². The summed E-state index contributed by atoms with van der Waals surface area (Å²) in [6, 6.07) is 0. The van der Waals surface area contributed by atoms with Crippen molar-refractivity contribution < 1.29 is 13.5 Å². The van der Waals surface area contributed by atoms with E-state index in [1.807, 2.05) is 0 Å². The predicted octanol–water partition coefficient (Wildman–Crippen LogP) is -0.0803. The number of nitrogens with zero attached hydrogens (tertiary/aromatic N) is 2. The van der Waals surface area contributed by atoms with Crippen molar-refractivity contribution in [1.29, 1.82) is 0 Å². The lowest BCUT2D eigenvalue weighted by molar-refractivity contribution is -0.00288. The number of aromatic amines is 1. The van der Waals surface area contributed by atoms with Gasteiger partial charge in [-0.1, -0.05) is 0 Å². The first-order chi connectivity index (χ1) is 6.77. The maximum absolute atomic E-state index is 10.8. The fourth-order valence-corrected chi connectivity index (χ4v) is 1.90. The van der Waals surface area contributed by atoms with Crippen molar-refractivity contribution >= 4 is 11.3 Å². The Kier molecular flexibility index (Phi) is 2.92. The second kappa shape index (κ2) is 4.18. The normalized spacial score (nSPS) is 26.2. The molecule has 14 heavy (non-hydrogen) atoms. The first-order valence-electron chi connectivity index (χ1n) is 4.23. The Morgan fingerprint density at radius 2 is 2.64 bits per heavy atom. The maximum atomic E-state index is 10.8. The van der Waals surface area contributed by atoms with Crippen molar-refractivity contribution in [2.45, 2.75) is 6.10 Å². The quantitative estimate of drug-likeness (QED) is 0.679. The summed E-state index contributed by atoms with van der Waals surface area (Å²) in [4.78, 5) is 0. The summed E-state index contributed by atoms with van der Waals surface area (Å²) in [5, 5.41) is 6.49. The van der Waals surface area contributed by atoms with E-state index in [-0.39, 0.29) is 6.10 Å². The third-order valence-corrected chi connectivity index (χ3v) is 2.91. The van der Waals surface area contributed by atoms with Crippen LogP contribution < -0.4 is 0 Å². The Morgan fingerprint density at radius 3 is 3.29 bits per heavy atom. The van der Waals surface area contributed by atoms with E-state index in [9.17, 15) is 4.21 Å². The Labute approximate surface area is 83.7 Å². The molecule has 2 atom stereocenters. The van der Waals surface area contributed by atoms with E-state index < -0.39 is 11.3 Å². The molecule has 1 aromatic heterocycles. The average Bonchev–Trinajstić information content (AvgIpc) is 2.71. The van der Waals surface area contributed by atoms with Crippen molar-refractivity contribution in [3.63, 3.8) is 0 Å². The van der Waals surface area contributed by atoms with Crippen LogP contribution in [0, 0.1) is 0 Å². The third kappa shape index (κ3) is 2.01. The van der Waals surface area contributed by atoms with E-state index in [2.05, 4.69) is 10.2 Å². The van der Waals surface area contributed by atoms with Crippen molar-refractivity contribution in [2.24, 2.45) is 0 Å². The highest BCUT2D eigenvalue weighted by Crippen LogP contribution is 2.21. The van der Waals surface area contributed by atoms with E-state index in [1.54, 1.807) is 12.4 Å². The van der Waals surface area contributed by atoms with Crippen molar-refractivity contribution in [1.82, 2.24) is 14.5 Å². The summed E-state index contributed by atoms with van der Waals surface area (Å²) in [5.74, 6) is 0. The van der Waals surface area contributed by atoms with E-state index in [0.29, 0.717) is 19.7 Å². The lowest BCUT2D eigenvalue weighted by atomic mass is 10.2. The van der Waals surface area contributed by atoms with Crippen LogP contribution in [0.5, 0.6) is 0 Å². The number of hydrogen-bond acceptors (Lipinski definition) is 3. The summed E-state index contributed by atoms with van der Waals surface area (Å²) in [5.41, 5.74) is 0.903. The number of hydrogen-bond donors (Lipinski definition) is 2. The summed E-state index contributed by atoms with van der Waals surface area (Å²) in [7, 11) is 0. The van der Waals surface area contributed by atoms with Gasteiger partial charge in [-0.15, -0.1) is 0 Å². The molecule has 1 aromatic rings. The monoisotopic (exact) mass is 217 g/mol. The van der Waals surface area contributed by atoms with Gasteiger partial charge in [0, 0.05) is 24.8 Å². The van der Waals surface area contributed by atoms with E-state index in [4.69, 9.17) is 9.29 Å². The van der Waals surface area contributed by atoms with Crippen LogP contribution in [0.4, 0.5) is 0 Å². The Hall–Kier alpha value is -0.760. The molecule has 6 nitrogen and oxygen atoms in total. The first kappa shape index (κ1) is 9.78. The largest absolute Gasteiger partial charge is 0.371 e. The van der Waals surface area contributed by atoms with Crippen LogP contribution in [0.15, 0.2) is 12.4 Å². The van der Waals surface area contributed by atoms with Crippen LogP contribution >= 0.6 is 0 Å². The standard InChI is InChI=1S/C7H11N3O3S/c11-14(12)10-1-2-13-7(5-10)6-3-8-9-4-6/h3-4,7H,1-2,5H2,(H,8,9)(H,11,12). The van der Waals surface area contributed by atoms with Gasteiger partial charge in [-0.25, -0.2) is 4.21 Å². The van der Waals surface area contributed by atoms with Gasteiger partial charge in [0.15, 0.2) is 0 Å². The molecule has 2 N–H and O–H groups in total. The molecule has 0 amide bonds. The SMILES string of the molecule is O=S(O)N1CCOC(c2cn[nH]c2)C1. The topological polar surface area (TPSA) is 78.4 Å². The zero-order valence-corrected chi connectivity index (χ0v) is 8.24. The molecule has 0 saturated carbocycles. The average molecular weight is 217 g/mol. The molecule has 0 bridgehead atoms. The second-order valence-electron chi connectivity index (χ2n) is 3.01. The Morgan fingerprint density at radius 1 is 1.79 bits per heavy atom. The molecule has 0 radical (unpaired) electrons. The molecule has 0 aliphatic carbocycles. The minimum Gasteiger partial charge on any atom is -0.371 e. The van der Waals surface area contributed by atoms with Gasteiger partial charge >= 0.3 is 0 Å². The molecule has 2 heterocycles. The van der Waals surface area contributed by atoms with Crippen LogP contribution in [0.3, 0.4) is 0 Å². The summed E-state index contributed by atoms with van der Waals surface area (Å²) >= 11 is -1.91. The molecule has 7 heteroatoms. The number of rotatable bonds is 2. The minimum atomic E-state index is -1.91. The van der Waals surface area contributed by atoms with E-state index in [0.717, 1.165) is 5.56 Å². The second-order valence-corrected chi connectivity index (χ2v) is 3.99. The summed E-state index contributed by atoms with van der Waals surface area (Å²) < 4.78 is 26.7. The highest BCUT2D eigenvalue weighted by molar-refractivity contribution is 7.76. The van der Waals surface area contributed by atoms with Crippen LogP contribution in [-0.4, -0.2) is 43.0 Å². The molecule has 2 rings (SSSR count). The van der Waals surface area contributed by atoms with Gasteiger partial charge in [0.2, 0.25) is 11.3 Å². The molecular weight excluding hydrogens is 206 g/mol. The van der Waals surface area contributed by atoms with Gasteiger partial charge in [-0.05, 0) is 0 Å². The maximum Gasteiger partial charge on any atom is 0.234 e. The van der Waals surface area contributed by atoms with Crippen LogP contribution in [0.2, 0.25) is 0 Å². The van der Waals surface area contributed by atoms with Crippen LogP contribution in [-0.2, 0) is 16.0 Å². The molecular formula is C7H11N3O3S. The molecule has 1 fully saturated rings. The molecule has 0 aromatic carbocycles. The molecule has 1 aliphatic heterocycles. The Balaban J connectivity index is 2.04. The zero-order valence-electron chi connectivity index (χ0n) is 7.42. The van der Waals surface area contributed by atoms with Crippen molar-refractivity contribution in [2.75, 3.05) is 19.7 Å². The van der Waals surface area contributed by atoms with Gasteiger partial charge in [0.1, 0.15) is 0 Å². The van der Waals surface area contributed by atoms with Gasteiger partial charge < -0.3 is 4.74 Å². The number of H-pyrrole nitrogens is 1. The van der Waals surface area contributed by atoms with Crippen LogP contribution in [0.25, 0.3) is 0 Å². The van der Waals surface area contributed by atoms with Crippen LogP contribution in [0.1, 0.15) is 11.7 Å². The fraction of sp³-hybridized carbons (Fsp3) is 0.571. The van der Waals surface area contributed by atoms with Gasteiger partial charge in [0.05, 0.1) is 18.9 Å². The molecule has 78 valence electrons. The number of nitrogens with one attached hydrogen (secondary N) is 1. The third-order valence-electron chi connectivity index (χ3n) is 2.14. The van der Waals surface area contributed by atoms with Gasteiger partial charge in [-0.3, -0.25) is 9.65 Å². The first-order valence-corrected chi connectivity index (χ1v) is 5.30. The smallest absolute Gasteiger partial charge is 0.234 e. The highest BCUT2D eigenvalue weighted by atomic mass is 32.2. The van der Waals surface area contributed by atoms with Gasteiger partial charge in [-0.2, -0.15) is 9.40 Å². The van der Waals surface area contributed by atoms with Crippen molar-refractivity contribution in [3.8, 4) is 0 Å². The minimum absolute atomic E-state index is 0.168. The predicted molar refractivity (Wildman–Crippen MR) is 49.6 cm³/mol.